The quantitative estimate of drug-likeness (QED) is 0.424. The minimum Gasteiger partial charge on any atom is -0.382 e. The lowest BCUT2D eigenvalue weighted by Gasteiger charge is -2.26. The highest BCUT2D eigenvalue weighted by atomic mass is 35.5. The summed E-state index contributed by atoms with van der Waals surface area (Å²) in [6.45, 7) is 2.00. The minimum atomic E-state index is -0.309. The molecule has 4 aromatic rings. The molecule has 3 atom stereocenters. The molecule has 168 valence electrons. The average molecular weight is 465 g/mol. The number of hydrogen-bond acceptors (Lipinski definition) is 7. The first-order valence-electron chi connectivity index (χ1n) is 10.9. The van der Waals surface area contributed by atoms with Crippen LogP contribution in [-0.2, 0) is 5.41 Å². The number of hydrogen-bond donors (Lipinski definition) is 3. The van der Waals surface area contributed by atoms with Crippen molar-refractivity contribution in [2.45, 2.75) is 11.8 Å². The lowest BCUT2D eigenvalue weighted by Crippen LogP contribution is -2.32. The van der Waals surface area contributed by atoms with E-state index in [1.807, 2.05) is 12.1 Å². The summed E-state index contributed by atoms with van der Waals surface area (Å²) in [6, 6.07) is 8.75. The molecule has 1 saturated carbocycles. The van der Waals surface area contributed by atoms with E-state index in [-0.39, 0.29) is 23.0 Å². The molecule has 6 rings (SSSR count). The molecule has 4 heterocycles. The van der Waals surface area contributed by atoms with Crippen LogP contribution < -0.4 is 16.4 Å². The smallest absolute Gasteiger partial charge is 0.177 e. The number of aromatic nitrogens is 5. The first-order chi connectivity index (χ1) is 16.0. The maximum Gasteiger partial charge on any atom is 0.177 e. The number of aromatic amines is 1. The van der Waals surface area contributed by atoms with E-state index in [4.69, 9.17) is 28.1 Å². The number of halogens is 2. The number of pyridine rings is 1. The van der Waals surface area contributed by atoms with Gasteiger partial charge in [-0.3, -0.25) is 5.10 Å². The molecule has 1 aliphatic heterocycles. The van der Waals surface area contributed by atoms with E-state index in [1.54, 1.807) is 24.5 Å². The summed E-state index contributed by atoms with van der Waals surface area (Å²) in [6.07, 6.45) is 4.25. The normalized spacial score (nSPS) is 24.2. The molecule has 3 aromatic heterocycles. The van der Waals surface area contributed by atoms with Crippen LogP contribution in [0.3, 0.4) is 0 Å². The van der Waals surface area contributed by atoms with Gasteiger partial charge in [-0.15, -0.1) is 0 Å². The molecule has 10 heteroatoms. The van der Waals surface area contributed by atoms with Gasteiger partial charge in [0.25, 0.3) is 0 Å². The van der Waals surface area contributed by atoms with Gasteiger partial charge in [0.2, 0.25) is 0 Å². The average Bonchev–Trinajstić information content (AvgIpc) is 3.30. The molecule has 2 aliphatic rings. The Morgan fingerprint density at radius 3 is 2.88 bits per heavy atom. The third kappa shape index (κ3) is 2.92. The number of nitrogens with two attached hydrogens (primary N) is 2. The number of anilines is 2. The SMILES string of the molecule is NC[C@]1(c2ccccc2F)[C@@H]2CCN(c3cnc4c(-c5ccnc(N)c5Cl)n[nH]c4n3)C[C@@H]21. The number of piperidine rings is 1. The predicted octanol–water partition coefficient (Wildman–Crippen LogP) is 3.14. The van der Waals surface area contributed by atoms with Crippen LogP contribution in [0.2, 0.25) is 5.02 Å². The summed E-state index contributed by atoms with van der Waals surface area (Å²) in [7, 11) is 0. The Hall–Kier alpha value is -3.30. The highest BCUT2D eigenvalue weighted by Crippen LogP contribution is 2.63. The second kappa shape index (κ2) is 7.36. The summed E-state index contributed by atoms with van der Waals surface area (Å²) >= 11 is 6.33. The van der Waals surface area contributed by atoms with E-state index in [1.165, 1.54) is 6.07 Å². The Labute approximate surface area is 194 Å². The fourth-order valence-electron chi connectivity index (χ4n) is 5.61. The third-order valence-electron chi connectivity index (χ3n) is 7.29. The molecule has 0 unspecified atom stereocenters. The van der Waals surface area contributed by atoms with Gasteiger partial charge in [-0.25, -0.2) is 19.3 Å². The number of nitrogens with one attached hydrogen (secondary N) is 1. The fourth-order valence-corrected chi connectivity index (χ4v) is 5.81. The van der Waals surface area contributed by atoms with Crippen LogP contribution in [-0.4, -0.2) is 44.8 Å². The Bertz CT molecular complexity index is 1370. The van der Waals surface area contributed by atoms with Crippen molar-refractivity contribution in [3.63, 3.8) is 0 Å². The Kier molecular flexibility index (Phi) is 4.53. The molecule has 0 bridgehead atoms. The molecule has 33 heavy (non-hydrogen) atoms. The van der Waals surface area contributed by atoms with E-state index in [0.29, 0.717) is 39.9 Å². The van der Waals surface area contributed by atoms with Gasteiger partial charge >= 0.3 is 0 Å². The van der Waals surface area contributed by atoms with Gasteiger partial charge in [-0.2, -0.15) is 5.10 Å². The summed E-state index contributed by atoms with van der Waals surface area (Å²) in [5.41, 5.74) is 14.9. The second-order valence-electron chi connectivity index (χ2n) is 8.73. The molecule has 8 nitrogen and oxygen atoms in total. The zero-order valence-corrected chi connectivity index (χ0v) is 18.4. The number of nitrogen functional groups attached to an aromatic ring is 1. The summed E-state index contributed by atoms with van der Waals surface area (Å²) in [4.78, 5) is 15.6. The van der Waals surface area contributed by atoms with Crippen LogP contribution in [0.5, 0.6) is 0 Å². The maximum absolute atomic E-state index is 14.6. The lowest BCUT2D eigenvalue weighted by molar-refractivity contribution is 0.533. The Morgan fingerprint density at radius 1 is 1.21 bits per heavy atom. The molecule has 1 saturated heterocycles. The van der Waals surface area contributed by atoms with Crippen LogP contribution in [0.1, 0.15) is 12.0 Å². The maximum atomic E-state index is 14.6. The van der Waals surface area contributed by atoms with Crippen molar-refractivity contribution in [3.05, 3.63) is 59.1 Å². The Balaban J connectivity index is 1.30. The zero-order valence-electron chi connectivity index (χ0n) is 17.7. The molecule has 1 aliphatic carbocycles. The van der Waals surface area contributed by atoms with Crippen molar-refractivity contribution >= 4 is 34.4 Å². The number of rotatable bonds is 4. The van der Waals surface area contributed by atoms with Crippen molar-refractivity contribution < 1.29 is 4.39 Å². The van der Waals surface area contributed by atoms with Crippen LogP contribution in [0.15, 0.2) is 42.7 Å². The van der Waals surface area contributed by atoms with Crippen LogP contribution >= 0.6 is 11.6 Å². The topological polar surface area (TPSA) is 123 Å². The van der Waals surface area contributed by atoms with Crippen LogP contribution in [0.25, 0.3) is 22.4 Å². The van der Waals surface area contributed by atoms with E-state index < -0.39 is 0 Å². The lowest BCUT2D eigenvalue weighted by atomic mass is 9.91. The fraction of sp³-hybridized carbons (Fsp3) is 0.304. The summed E-state index contributed by atoms with van der Waals surface area (Å²) in [5.74, 6) is 1.47. The molecule has 5 N–H and O–H groups in total. The zero-order chi connectivity index (χ0) is 22.7. The monoisotopic (exact) mass is 464 g/mol. The van der Waals surface area contributed by atoms with Crippen LogP contribution in [0, 0.1) is 17.7 Å². The van der Waals surface area contributed by atoms with Gasteiger partial charge in [-0.05, 0) is 36.0 Å². The summed E-state index contributed by atoms with van der Waals surface area (Å²) in [5, 5.41) is 7.66. The number of fused-ring (bicyclic) bond motifs is 2. The van der Waals surface area contributed by atoms with E-state index >= 15 is 0 Å². The standard InChI is InChI=1S/C23H22ClFN8/c24-18-12(5-7-28-21(18)27)19-20-22(32-31-19)30-17(9-29-20)33-8-6-13-15(10-33)23(13,11-26)14-3-1-2-4-16(14)25/h1-5,7,9,13,15H,6,8,10-11,26H2,(H2,27,28)(H,30,31,32)/t13-,15+,23-/m1/s1. The van der Waals surface area contributed by atoms with Gasteiger partial charge in [0, 0.05) is 36.8 Å². The molecule has 0 spiro atoms. The van der Waals surface area contributed by atoms with E-state index in [9.17, 15) is 4.39 Å². The van der Waals surface area contributed by atoms with Crippen molar-refractivity contribution in [1.29, 1.82) is 0 Å². The highest BCUT2D eigenvalue weighted by molar-refractivity contribution is 6.35. The highest BCUT2D eigenvalue weighted by Gasteiger charge is 2.66. The summed E-state index contributed by atoms with van der Waals surface area (Å²) < 4.78 is 14.6. The third-order valence-corrected chi connectivity index (χ3v) is 7.69. The second-order valence-corrected chi connectivity index (χ2v) is 9.11. The number of H-pyrrole nitrogens is 1. The Morgan fingerprint density at radius 2 is 2.06 bits per heavy atom. The van der Waals surface area contributed by atoms with Crippen LogP contribution in [0.4, 0.5) is 16.0 Å². The number of nitrogens with zero attached hydrogens (tertiary/aromatic N) is 5. The van der Waals surface area contributed by atoms with Crippen molar-refractivity contribution in [2.24, 2.45) is 17.6 Å². The predicted molar refractivity (Wildman–Crippen MR) is 125 cm³/mol. The molecule has 0 amide bonds. The van der Waals surface area contributed by atoms with Gasteiger partial charge in [0.1, 0.15) is 28.7 Å². The molecule has 1 aromatic carbocycles. The van der Waals surface area contributed by atoms with Gasteiger partial charge in [0.05, 0.1) is 11.2 Å². The van der Waals surface area contributed by atoms with Gasteiger partial charge in [-0.1, -0.05) is 29.8 Å². The van der Waals surface area contributed by atoms with E-state index in [0.717, 1.165) is 30.9 Å². The molecule has 2 fully saturated rings. The molecule has 0 radical (unpaired) electrons. The first-order valence-corrected chi connectivity index (χ1v) is 11.2. The first kappa shape index (κ1) is 20.3. The minimum absolute atomic E-state index is 0.175. The molecular weight excluding hydrogens is 443 g/mol. The van der Waals surface area contributed by atoms with E-state index in [2.05, 4.69) is 25.1 Å². The van der Waals surface area contributed by atoms with Gasteiger partial charge in [0.15, 0.2) is 5.65 Å². The van der Waals surface area contributed by atoms with Crippen molar-refractivity contribution in [2.75, 3.05) is 30.3 Å². The largest absolute Gasteiger partial charge is 0.382 e. The van der Waals surface area contributed by atoms with Gasteiger partial charge < -0.3 is 16.4 Å². The van der Waals surface area contributed by atoms with Crippen molar-refractivity contribution in [1.82, 2.24) is 25.1 Å². The van der Waals surface area contributed by atoms with Crippen molar-refractivity contribution in [3.8, 4) is 11.3 Å². The molecular formula is C23H22ClFN8. The number of benzene rings is 1.